The number of hydrogen-bond donors (Lipinski definition) is 1. The van der Waals surface area contributed by atoms with Crippen LogP contribution in [0.4, 0.5) is 5.69 Å². The molecule has 10 heteroatoms. The normalized spacial score (nSPS) is 11.4. The van der Waals surface area contributed by atoms with E-state index in [1.165, 1.54) is 25.5 Å². The van der Waals surface area contributed by atoms with E-state index in [0.29, 0.717) is 26.5 Å². The van der Waals surface area contributed by atoms with Gasteiger partial charge in [0, 0.05) is 5.02 Å². The SMILES string of the molecule is COc1ccc(S(=O)(=O)N(CC(=O)N/N=C\c2cccc(Cl)c2)c2ccc(C)cc2)cc1Br. The molecule has 33 heavy (non-hydrogen) atoms. The number of rotatable bonds is 8. The van der Waals surface area contributed by atoms with Gasteiger partial charge in [0.2, 0.25) is 0 Å². The molecular weight excluding hydrogens is 530 g/mol. The third kappa shape index (κ3) is 6.34. The Kier molecular flexibility index (Phi) is 8.12. The van der Waals surface area contributed by atoms with Crippen LogP contribution in [0.1, 0.15) is 11.1 Å². The topological polar surface area (TPSA) is 88.1 Å². The number of amides is 1. The number of carbonyl (C=O) groups is 1. The molecule has 0 saturated heterocycles. The molecule has 0 fully saturated rings. The van der Waals surface area contributed by atoms with Gasteiger partial charge in [0.25, 0.3) is 15.9 Å². The zero-order valence-corrected chi connectivity index (χ0v) is 21.0. The standard InChI is InChI=1S/C23H21BrClN3O4S/c1-16-6-8-19(9-7-16)28(33(30,31)20-10-11-22(32-2)21(24)13-20)15-23(29)27-26-14-17-4-3-5-18(25)12-17/h3-14H,15H2,1-2H3,(H,27,29)/b26-14-. The van der Waals surface area contributed by atoms with Crippen molar-refractivity contribution in [1.82, 2.24) is 5.43 Å². The van der Waals surface area contributed by atoms with E-state index in [9.17, 15) is 13.2 Å². The Morgan fingerprint density at radius 1 is 1.15 bits per heavy atom. The Morgan fingerprint density at radius 3 is 2.52 bits per heavy atom. The van der Waals surface area contributed by atoms with Crippen LogP contribution in [-0.4, -0.2) is 34.2 Å². The summed E-state index contributed by atoms with van der Waals surface area (Å²) in [6.45, 7) is 1.42. The smallest absolute Gasteiger partial charge is 0.264 e. The summed E-state index contributed by atoms with van der Waals surface area (Å²) in [6.07, 6.45) is 1.43. The van der Waals surface area contributed by atoms with Crippen molar-refractivity contribution < 1.29 is 17.9 Å². The fourth-order valence-electron chi connectivity index (χ4n) is 2.89. The van der Waals surface area contributed by atoms with Crippen LogP contribution in [0.25, 0.3) is 0 Å². The molecule has 172 valence electrons. The highest BCUT2D eigenvalue weighted by Gasteiger charge is 2.28. The molecule has 0 atom stereocenters. The molecule has 7 nitrogen and oxygen atoms in total. The molecule has 0 radical (unpaired) electrons. The van der Waals surface area contributed by atoms with Crippen LogP contribution in [-0.2, 0) is 14.8 Å². The monoisotopic (exact) mass is 549 g/mol. The molecule has 3 rings (SSSR count). The number of halogens is 2. The molecule has 3 aromatic carbocycles. The van der Waals surface area contributed by atoms with Gasteiger partial charge >= 0.3 is 0 Å². The van der Waals surface area contributed by atoms with E-state index in [4.69, 9.17) is 16.3 Å². The minimum Gasteiger partial charge on any atom is -0.496 e. The Balaban J connectivity index is 1.87. The van der Waals surface area contributed by atoms with Gasteiger partial charge < -0.3 is 4.74 Å². The molecular formula is C23H21BrClN3O4S. The average Bonchev–Trinajstić information content (AvgIpc) is 2.78. The molecule has 0 aromatic heterocycles. The van der Waals surface area contributed by atoms with Crippen LogP contribution >= 0.6 is 27.5 Å². The van der Waals surface area contributed by atoms with Crippen molar-refractivity contribution in [2.45, 2.75) is 11.8 Å². The van der Waals surface area contributed by atoms with E-state index in [-0.39, 0.29) is 4.90 Å². The van der Waals surface area contributed by atoms with Crippen LogP contribution in [0, 0.1) is 6.92 Å². The third-order valence-corrected chi connectivity index (χ3v) is 7.20. The summed E-state index contributed by atoms with van der Waals surface area (Å²) in [5, 5.41) is 4.44. The van der Waals surface area contributed by atoms with Crippen molar-refractivity contribution in [3.8, 4) is 5.75 Å². The zero-order valence-electron chi connectivity index (χ0n) is 17.8. The Morgan fingerprint density at radius 2 is 1.88 bits per heavy atom. The maximum absolute atomic E-state index is 13.5. The quantitative estimate of drug-likeness (QED) is 0.323. The van der Waals surface area contributed by atoms with Gasteiger partial charge in [0.15, 0.2) is 0 Å². The molecule has 0 unspecified atom stereocenters. The van der Waals surface area contributed by atoms with E-state index in [2.05, 4.69) is 26.5 Å². The maximum Gasteiger partial charge on any atom is 0.264 e. The van der Waals surface area contributed by atoms with Crippen molar-refractivity contribution in [1.29, 1.82) is 0 Å². The molecule has 0 aliphatic rings. The Bertz CT molecular complexity index is 1280. The first kappa shape index (κ1) is 24.8. The summed E-state index contributed by atoms with van der Waals surface area (Å²) in [4.78, 5) is 12.6. The lowest BCUT2D eigenvalue weighted by atomic mass is 10.2. The number of aryl methyl sites for hydroxylation is 1. The summed E-state index contributed by atoms with van der Waals surface area (Å²) in [6, 6.07) is 18.2. The lowest BCUT2D eigenvalue weighted by Crippen LogP contribution is -2.39. The average molecular weight is 551 g/mol. The van der Waals surface area contributed by atoms with Crippen molar-refractivity contribution in [3.63, 3.8) is 0 Å². The van der Waals surface area contributed by atoms with Crippen molar-refractivity contribution in [3.05, 3.63) is 87.4 Å². The second kappa shape index (κ2) is 10.8. The number of anilines is 1. The number of hydrazone groups is 1. The van der Waals surface area contributed by atoms with Gasteiger partial charge in [-0.05, 0) is 70.9 Å². The second-order valence-corrected chi connectivity index (χ2v) is 10.1. The largest absolute Gasteiger partial charge is 0.496 e. The number of nitrogens with zero attached hydrogens (tertiary/aromatic N) is 2. The van der Waals surface area contributed by atoms with E-state index in [1.54, 1.807) is 54.6 Å². The lowest BCUT2D eigenvalue weighted by molar-refractivity contribution is -0.119. The Hall–Kier alpha value is -2.88. The van der Waals surface area contributed by atoms with Crippen LogP contribution in [0.5, 0.6) is 5.75 Å². The van der Waals surface area contributed by atoms with Crippen LogP contribution in [0.3, 0.4) is 0 Å². The molecule has 0 spiro atoms. The van der Waals surface area contributed by atoms with Crippen molar-refractivity contribution in [2.75, 3.05) is 18.0 Å². The molecule has 0 bridgehead atoms. The van der Waals surface area contributed by atoms with Crippen LogP contribution in [0.15, 0.2) is 81.2 Å². The second-order valence-electron chi connectivity index (χ2n) is 6.99. The number of methoxy groups -OCH3 is 1. The third-order valence-electron chi connectivity index (χ3n) is 4.57. The van der Waals surface area contributed by atoms with Crippen molar-refractivity contribution >= 4 is 55.4 Å². The lowest BCUT2D eigenvalue weighted by Gasteiger charge is -2.24. The minimum absolute atomic E-state index is 0.00554. The Labute approximate surface area is 206 Å². The predicted molar refractivity (Wildman–Crippen MR) is 134 cm³/mol. The van der Waals surface area contributed by atoms with Crippen LogP contribution in [0.2, 0.25) is 5.02 Å². The van der Waals surface area contributed by atoms with Crippen LogP contribution < -0.4 is 14.5 Å². The highest BCUT2D eigenvalue weighted by atomic mass is 79.9. The zero-order chi connectivity index (χ0) is 24.0. The fourth-order valence-corrected chi connectivity index (χ4v) is 5.23. The highest BCUT2D eigenvalue weighted by molar-refractivity contribution is 9.10. The molecule has 1 N–H and O–H groups in total. The number of benzene rings is 3. The van der Waals surface area contributed by atoms with Gasteiger partial charge in [-0.15, -0.1) is 0 Å². The number of nitrogens with one attached hydrogen (secondary N) is 1. The van der Waals surface area contributed by atoms with Gasteiger partial charge in [-0.1, -0.05) is 41.4 Å². The summed E-state index contributed by atoms with van der Waals surface area (Å²) in [5.74, 6) is -0.117. The number of sulfonamides is 1. The van der Waals surface area contributed by atoms with E-state index in [0.717, 1.165) is 9.87 Å². The first-order chi connectivity index (χ1) is 15.7. The molecule has 0 saturated carbocycles. The van der Waals surface area contributed by atoms with Gasteiger partial charge in [-0.3, -0.25) is 9.10 Å². The van der Waals surface area contributed by atoms with Crippen molar-refractivity contribution in [2.24, 2.45) is 5.10 Å². The van der Waals surface area contributed by atoms with Gasteiger partial charge in [-0.25, -0.2) is 13.8 Å². The molecule has 1 amide bonds. The first-order valence-corrected chi connectivity index (χ1v) is 12.3. The highest BCUT2D eigenvalue weighted by Crippen LogP contribution is 2.30. The fraction of sp³-hybridized carbons (Fsp3) is 0.130. The summed E-state index contributed by atoms with van der Waals surface area (Å²) in [5.41, 5.74) is 4.36. The van der Waals surface area contributed by atoms with Gasteiger partial charge in [-0.2, -0.15) is 5.10 Å². The van der Waals surface area contributed by atoms with E-state index < -0.39 is 22.5 Å². The molecule has 0 aliphatic heterocycles. The van der Waals surface area contributed by atoms with Gasteiger partial charge in [0.05, 0.1) is 28.4 Å². The number of ether oxygens (including phenoxy) is 1. The number of hydrogen-bond acceptors (Lipinski definition) is 5. The minimum atomic E-state index is -4.07. The van der Waals surface area contributed by atoms with E-state index >= 15 is 0 Å². The molecule has 0 heterocycles. The number of carbonyl (C=O) groups excluding carboxylic acids is 1. The molecule has 3 aromatic rings. The summed E-state index contributed by atoms with van der Waals surface area (Å²) >= 11 is 9.25. The predicted octanol–water partition coefficient (Wildman–Crippen LogP) is 4.77. The summed E-state index contributed by atoms with van der Waals surface area (Å²) < 4.78 is 33.6. The van der Waals surface area contributed by atoms with Gasteiger partial charge in [0.1, 0.15) is 12.3 Å². The van der Waals surface area contributed by atoms with E-state index in [1.807, 2.05) is 6.92 Å². The summed E-state index contributed by atoms with van der Waals surface area (Å²) in [7, 11) is -2.59. The molecule has 0 aliphatic carbocycles. The first-order valence-electron chi connectivity index (χ1n) is 9.71. The maximum atomic E-state index is 13.5.